The van der Waals surface area contributed by atoms with Gasteiger partial charge in [-0.2, -0.15) is 0 Å². The molecule has 1 atom stereocenters. The first-order valence-electron chi connectivity index (χ1n) is 8.36. The summed E-state index contributed by atoms with van der Waals surface area (Å²) in [5.41, 5.74) is 1.83. The van der Waals surface area contributed by atoms with Gasteiger partial charge in [0.2, 0.25) is 0 Å². The van der Waals surface area contributed by atoms with Gasteiger partial charge in [-0.15, -0.1) is 0 Å². The van der Waals surface area contributed by atoms with Crippen LogP contribution in [0.3, 0.4) is 0 Å². The normalized spacial score (nSPS) is 16.7. The molecule has 0 spiro atoms. The van der Waals surface area contributed by atoms with E-state index in [1.54, 1.807) is 12.1 Å². The van der Waals surface area contributed by atoms with Crippen molar-refractivity contribution < 1.29 is 9.53 Å². The summed E-state index contributed by atoms with van der Waals surface area (Å²) in [7, 11) is 0. The first-order valence-corrected chi connectivity index (χ1v) is 8.36. The molecule has 0 aliphatic carbocycles. The lowest BCUT2D eigenvalue weighted by Gasteiger charge is -2.34. The van der Waals surface area contributed by atoms with Gasteiger partial charge in [-0.1, -0.05) is 55.0 Å². The fourth-order valence-corrected chi connectivity index (χ4v) is 3.13. The van der Waals surface area contributed by atoms with E-state index in [1.807, 2.05) is 36.4 Å². The summed E-state index contributed by atoms with van der Waals surface area (Å²) >= 11 is 0. The second-order valence-corrected chi connectivity index (χ2v) is 5.99. The van der Waals surface area contributed by atoms with E-state index in [0.717, 1.165) is 13.1 Å². The van der Waals surface area contributed by atoms with Gasteiger partial charge in [0.15, 0.2) is 0 Å². The van der Waals surface area contributed by atoms with Crippen LogP contribution < -0.4 is 0 Å². The number of rotatable bonds is 5. The van der Waals surface area contributed by atoms with Crippen molar-refractivity contribution in [2.75, 3.05) is 19.7 Å². The van der Waals surface area contributed by atoms with Gasteiger partial charge < -0.3 is 4.74 Å². The van der Waals surface area contributed by atoms with Gasteiger partial charge in [0.05, 0.1) is 11.6 Å². The third-order valence-electron chi connectivity index (χ3n) is 4.40. The van der Waals surface area contributed by atoms with Gasteiger partial charge in [-0.25, -0.2) is 4.79 Å². The summed E-state index contributed by atoms with van der Waals surface area (Å²) in [4.78, 5) is 14.7. The zero-order valence-electron chi connectivity index (χ0n) is 13.4. The summed E-state index contributed by atoms with van der Waals surface area (Å²) in [6.07, 6.45) is 3.73. The maximum Gasteiger partial charge on any atom is 0.338 e. The summed E-state index contributed by atoms with van der Waals surface area (Å²) in [6, 6.07) is 19.7. The molecule has 3 nitrogen and oxygen atoms in total. The number of ether oxygens (including phenoxy) is 1. The molecule has 0 amide bonds. The Bertz CT molecular complexity index is 606. The SMILES string of the molecule is O=C(OC[C@@H](c1ccccc1)N1CCCCC1)c1ccccc1. The minimum atomic E-state index is -0.247. The quantitative estimate of drug-likeness (QED) is 0.780. The van der Waals surface area contributed by atoms with Crippen molar-refractivity contribution in [2.24, 2.45) is 0 Å². The average molecular weight is 309 g/mol. The number of likely N-dealkylation sites (tertiary alicyclic amines) is 1. The molecule has 0 aromatic heterocycles. The number of carbonyl (C=O) groups excluding carboxylic acids is 1. The molecular weight excluding hydrogens is 286 g/mol. The predicted octanol–water partition coefficient (Wildman–Crippen LogP) is 4.07. The summed E-state index contributed by atoms with van der Waals surface area (Å²) in [5, 5.41) is 0. The summed E-state index contributed by atoms with van der Waals surface area (Å²) in [5.74, 6) is -0.247. The van der Waals surface area contributed by atoms with E-state index >= 15 is 0 Å². The third kappa shape index (κ3) is 4.20. The minimum absolute atomic E-state index is 0.143. The largest absolute Gasteiger partial charge is 0.460 e. The monoisotopic (exact) mass is 309 g/mol. The molecule has 0 radical (unpaired) electrons. The molecule has 3 heteroatoms. The van der Waals surface area contributed by atoms with Crippen LogP contribution in [0, 0.1) is 0 Å². The number of piperidine rings is 1. The number of hydrogen-bond donors (Lipinski definition) is 0. The molecule has 1 aliphatic rings. The van der Waals surface area contributed by atoms with E-state index in [2.05, 4.69) is 17.0 Å². The van der Waals surface area contributed by atoms with Crippen LogP contribution >= 0.6 is 0 Å². The molecule has 0 unspecified atom stereocenters. The lowest BCUT2D eigenvalue weighted by Crippen LogP contribution is -2.36. The van der Waals surface area contributed by atoms with Crippen LogP contribution in [-0.4, -0.2) is 30.6 Å². The number of nitrogens with zero attached hydrogens (tertiary/aromatic N) is 1. The third-order valence-corrected chi connectivity index (χ3v) is 4.40. The molecule has 2 aromatic carbocycles. The Morgan fingerprint density at radius 2 is 1.52 bits per heavy atom. The Labute approximate surface area is 137 Å². The van der Waals surface area contributed by atoms with Crippen LogP contribution in [0.15, 0.2) is 60.7 Å². The van der Waals surface area contributed by atoms with Gasteiger partial charge in [-0.05, 0) is 43.6 Å². The topological polar surface area (TPSA) is 29.5 Å². The molecule has 0 N–H and O–H groups in total. The Morgan fingerprint density at radius 3 is 2.17 bits per heavy atom. The van der Waals surface area contributed by atoms with Gasteiger partial charge >= 0.3 is 5.97 Å². The molecule has 0 bridgehead atoms. The van der Waals surface area contributed by atoms with E-state index in [9.17, 15) is 4.79 Å². The van der Waals surface area contributed by atoms with Crippen molar-refractivity contribution in [3.63, 3.8) is 0 Å². The molecule has 1 fully saturated rings. The van der Waals surface area contributed by atoms with E-state index in [-0.39, 0.29) is 12.0 Å². The lowest BCUT2D eigenvalue weighted by molar-refractivity contribution is 0.0317. The van der Waals surface area contributed by atoms with Crippen molar-refractivity contribution in [3.05, 3.63) is 71.8 Å². The van der Waals surface area contributed by atoms with Crippen LogP contribution in [0.25, 0.3) is 0 Å². The van der Waals surface area contributed by atoms with Crippen molar-refractivity contribution in [2.45, 2.75) is 25.3 Å². The number of esters is 1. The second-order valence-electron chi connectivity index (χ2n) is 5.99. The van der Waals surface area contributed by atoms with Crippen LogP contribution in [0.4, 0.5) is 0 Å². The van der Waals surface area contributed by atoms with Crippen molar-refractivity contribution >= 4 is 5.97 Å². The second kappa shape index (κ2) is 7.93. The van der Waals surface area contributed by atoms with Gasteiger partial charge in [0.1, 0.15) is 6.61 Å². The van der Waals surface area contributed by atoms with Gasteiger partial charge in [0, 0.05) is 0 Å². The van der Waals surface area contributed by atoms with E-state index in [4.69, 9.17) is 4.74 Å². The number of carbonyl (C=O) groups is 1. The minimum Gasteiger partial charge on any atom is -0.460 e. The molecule has 1 saturated heterocycles. The van der Waals surface area contributed by atoms with E-state index < -0.39 is 0 Å². The van der Waals surface area contributed by atoms with Gasteiger partial charge in [0.25, 0.3) is 0 Å². The summed E-state index contributed by atoms with van der Waals surface area (Å²) in [6.45, 7) is 2.54. The fraction of sp³-hybridized carbons (Fsp3) is 0.350. The van der Waals surface area contributed by atoms with Crippen LogP contribution in [-0.2, 0) is 4.74 Å². The molecule has 3 rings (SSSR count). The van der Waals surface area contributed by atoms with Gasteiger partial charge in [-0.3, -0.25) is 4.90 Å². The fourth-order valence-electron chi connectivity index (χ4n) is 3.13. The zero-order chi connectivity index (χ0) is 15.9. The maximum atomic E-state index is 12.2. The Morgan fingerprint density at radius 1 is 0.913 bits per heavy atom. The van der Waals surface area contributed by atoms with E-state index in [1.165, 1.54) is 24.8 Å². The highest BCUT2D eigenvalue weighted by molar-refractivity contribution is 5.89. The first-order chi connectivity index (χ1) is 11.3. The first kappa shape index (κ1) is 15.8. The number of benzene rings is 2. The van der Waals surface area contributed by atoms with Crippen molar-refractivity contribution in [1.82, 2.24) is 4.90 Å². The zero-order valence-corrected chi connectivity index (χ0v) is 13.4. The highest BCUT2D eigenvalue weighted by atomic mass is 16.5. The van der Waals surface area contributed by atoms with Crippen LogP contribution in [0.2, 0.25) is 0 Å². The molecule has 2 aromatic rings. The average Bonchev–Trinajstić information content (AvgIpc) is 2.64. The van der Waals surface area contributed by atoms with E-state index in [0.29, 0.717) is 12.2 Å². The maximum absolute atomic E-state index is 12.2. The molecule has 0 saturated carbocycles. The molecule has 120 valence electrons. The molecular formula is C20H23NO2. The highest BCUT2D eigenvalue weighted by Gasteiger charge is 2.23. The predicted molar refractivity (Wildman–Crippen MR) is 91.3 cm³/mol. The number of hydrogen-bond acceptors (Lipinski definition) is 3. The Hall–Kier alpha value is -2.13. The molecule has 23 heavy (non-hydrogen) atoms. The Kier molecular flexibility index (Phi) is 5.43. The highest BCUT2D eigenvalue weighted by Crippen LogP contribution is 2.25. The lowest BCUT2D eigenvalue weighted by atomic mass is 10.0. The van der Waals surface area contributed by atoms with Crippen LogP contribution in [0.1, 0.15) is 41.2 Å². The standard InChI is InChI=1S/C20H23NO2/c22-20(18-12-6-2-7-13-18)23-16-19(17-10-4-1-5-11-17)21-14-8-3-9-15-21/h1-2,4-7,10-13,19H,3,8-9,14-16H2/t19-/m0/s1. The van der Waals surface area contributed by atoms with Crippen molar-refractivity contribution in [1.29, 1.82) is 0 Å². The van der Waals surface area contributed by atoms with Crippen LogP contribution in [0.5, 0.6) is 0 Å². The summed E-state index contributed by atoms with van der Waals surface area (Å²) < 4.78 is 5.62. The Balaban J connectivity index is 1.70. The van der Waals surface area contributed by atoms with Crippen molar-refractivity contribution in [3.8, 4) is 0 Å². The molecule has 1 aliphatic heterocycles. The smallest absolute Gasteiger partial charge is 0.338 e. The molecule has 1 heterocycles.